The number of aliphatic hydroxyl groups is 1. The van der Waals surface area contributed by atoms with E-state index in [1.54, 1.807) is 0 Å². The molecule has 0 amide bonds. The van der Waals surface area contributed by atoms with Crippen molar-refractivity contribution in [3.8, 4) is 5.75 Å². The summed E-state index contributed by atoms with van der Waals surface area (Å²) >= 11 is 5.95. The molecule has 0 saturated carbocycles. The van der Waals surface area contributed by atoms with Crippen LogP contribution in [0.5, 0.6) is 5.75 Å². The minimum absolute atomic E-state index is 0.135. The van der Waals surface area contributed by atoms with Crippen LogP contribution in [0.3, 0.4) is 0 Å². The van der Waals surface area contributed by atoms with Gasteiger partial charge in [0, 0.05) is 11.6 Å². The van der Waals surface area contributed by atoms with E-state index in [0.29, 0.717) is 18.2 Å². The standard InChI is InChI=1S/C11H14ClNO2/c1-8-7-15-11-3-2-9(12)6-10(11)13(8)4-5-14/h2-3,6,8,14H,4-5,7H2,1H3. The Bertz CT molecular complexity index is 356. The zero-order valence-corrected chi connectivity index (χ0v) is 9.37. The molecule has 1 aromatic rings. The first-order chi connectivity index (χ1) is 7.22. The van der Waals surface area contributed by atoms with E-state index in [1.165, 1.54) is 0 Å². The molecule has 15 heavy (non-hydrogen) atoms. The molecule has 1 aromatic carbocycles. The van der Waals surface area contributed by atoms with Gasteiger partial charge in [0.2, 0.25) is 0 Å². The van der Waals surface area contributed by atoms with Gasteiger partial charge in [-0.3, -0.25) is 0 Å². The van der Waals surface area contributed by atoms with Gasteiger partial charge in [0.1, 0.15) is 12.4 Å². The summed E-state index contributed by atoms with van der Waals surface area (Å²) in [4.78, 5) is 2.12. The van der Waals surface area contributed by atoms with E-state index in [2.05, 4.69) is 11.8 Å². The van der Waals surface area contributed by atoms with Crippen LogP contribution in [-0.2, 0) is 0 Å². The van der Waals surface area contributed by atoms with E-state index in [0.717, 1.165) is 11.4 Å². The number of aliphatic hydroxyl groups excluding tert-OH is 1. The second kappa shape index (κ2) is 4.29. The molecule has 4 heteroatoms. The maximum Gasteiger partial charge on any atom is 0.142 e. The fourth-order valence-corrected chi connectivity index (χ4v) is 1.99. The number of hydrogen-bond acceptors (Lipinski definition) is 3. The van der Waals surface area contributed by atoms with Crippen LogP contribution in [0.1, 0.15) is 6.92 Å². The third-order valence-electron chi connectivity index (χ3n) is 2.58. The van der Waals surface area contributed by atoms with E-state index in [9.17, 15) is 0 Å². The molecule has 1 atom stereocenters. The molecule has 0 aromatic heterocycles. The molecule has 1 aliphatic rings. The summed E-state index contributed by atoms with van der Waals surface area (Å²) in [5.41, 5.74) is 0.968. The van der Waals surface area contributed by atoms with Crippen molar-refractivity contribution in [3.63, 3.8) is 0 Å². The number of β-amino-alcohol motifs (C(OH)–C–C–N with tert-alkyl or cyclic N) is 1. The average Bonchev–Trinajstić information content (AvgIpc) is 2.23. The number of anilines is 1. The average molecular weight is 228 g/mol. The van der Waals surface area contributed by atoms with Crippen LogP contribution in [0.25, 0.3) is 0 Å². The van der Waals surface area contributed by atoms with E-state index in [1.807, 2.05) is 18.2 Å². The topological polar surface area (TPSA) is 32.7 Å². The first-order valence-electron chi connectivity index (χ1n) is 5.02. The summed E-state index contributed by atoms with van der Waals surface area (Å²) in [7, 11) is 0. The van der Waals surface area contributed by atoms with Crippen LogP contribution >= 0.6 is 11.6 Å². The van der Waals surface area contributed by atoms with E-state index in [-0.39, 0.29) is 12.6 Å². The molecule has 0 saturated heterocycles. The molecule has 0 bridgehead atoms. The maximum atomic E-state index is 9.02. The van der Waals surface area contributed by atoms with Crippen molar-refractivity contribution in [2.45, 2.75) is 13.0 Å². The Labute approximate surface area is 94.2 Å². The molecule has 0 radical (unpaired) electrons. The Hall–Kier alpha value is -0.930. The molecular formula is C11H14ClNO2. The summed E-state index contributed by atoms with van der Waals surface area (Å²) in [6.07, 6.45) is 0. The van der Waals surface area contributed by atoms with Gasteiger partial charge in [-0.25, -0.2) is 0 Å². The number of benzene rings is 1. The predicted octanol–water partition coefficient (Wildman–Crippen LogP) is 1.92. The molecule has 82 valence electrons. The number of fused-ring (bicyclic) bond motifs is 1. The lowest BCUT2D eigenvalue weighted by Gasteiger charge is -2.36. The molecule has 0 aliphatic carbocycles. The second-order valence-corrected chi connectivity index (χ2v) is 4.13. The third-order valence-corrected chi connectivity index (χ3v) is 2.82. The Morgan fingerprint density at radius 1 is 1.60 bits per heavy atom. The van der Waals surface area contributed by atoms with Gasteiger partial charge < -0.3 is 14.7 Å². The zero-order valence-electron chi connectivity index (χ0n) is 8.61. The molecule has 1 heterocycles. The van der Waals surface area contributed by atoms with Gasteiger partial charge in [-0.2, -0.15) is 0 Å². The number of hydrogen-bond donors (Lipinski definition) is 1. The quantitative estimate of drug-likeness (QED) is 0.838. The molecular weight excluding hydrogens is 214 g/mol. The highest BCUT2D eigenvalue weighted by Crippen LogP contribution is 2.35. The highest BCUT2D eigenvalue weighted by atomic mass is 35.5. The molecule has 1 N–H and O–H groups in total. The fraction of sp³-hybridized carbons (Fsp3) is 0.455. The number of rotatable bonds is 2. The fourth-order valence-electron chi connectivity index (χ4n) is 1.82. The number of ether oxygens (including phenoxy) is 1. The van der Waals surface area contributed by atoms with Gasteiger partial charge >= 0.3 is 0 Å². The monoisotopic (exact) mass is 227 g/mol. The Balaban J connectivity index is 2.36. The van der Waals surface area contributed by atoms with Crippen molar-refractivity contribution in [2.24, 2.45) is 0 Å². The van der Waals surface area contributed by atoms with Gasteiger partial charge in [-0.05, 0) is 25.1 Å². The van der Waals surface area contributed by atoms with Gasteiger partial charge in [0.25, 0.3) is 0 Å². The smallest absolute Gasteiger partial charge is 0.142 e. The molecule has 0 spiro atoms. The number of nitrogens with zero attached hydrogens (tertiary/aromatic N) is 1. The largest absolute Gasteiger partial charge is 0.489 e. The zero-order chi connectivity index (χ0) is 10.8. The lowest BCUT2D eigenvalue weighted by molar-refractivity contribution is 0.251. The minimum Gasteiger partial charge on any atom is -0.489 e. The van der Waals surface area contributed by atoms with Crippen LogP contribution in [-0.4, -0.2) is 30.9 Å². The van der Waals surface area contributed by atoms with E-state index in [4.69, 9.17) is 21.4 Å². The first kappa shape index (κ1) is 10.6. The van der Waals surface area contributed by atoms with Gasteiger partial charge in [-0.15, -0.1) is 0 Å². The van der Waals surface area contributed by atoms with Crippen LogP contribution in [0.2, 0.25) is 5.02 Å². The van der Waals surface area contributed by atoms with Crippen LogP contribution in [0.4, 0.5) is 5.69 Å². The van der Waals surface area contributed by atoms with Crippen LogP contribution < -0.4 is 9.64 Å². The lowest BCUT2D eigenvalue weighted by Crippen LogP contribution is -2.42. The van der Waals surface area contributed by atoms with E-state index >= 15 is 0 Å². The van der Waals surface area contributed by atoms with Gasteiger partial charge in [0.05, 0.1) is 18.3 Å². The highest BCUT2D eigenvalue weighted by Gasteiger charge is 2.23. The van der Waals surface area contributed by atoms with Crippen molar-refractivity contribution in [3.05, 3.63) is 23.2 Å². The van der Waals surface area contributed by atoms with Gasteiger partial charge in [0.15, 0.2) is 0 Å². The molecule has 0 fully saturated rings. The summed E-state index contributed by atoms with van der Waals surface area (Å²) in [6, 6.07) is 5.83. The van der Waals surface area contributed by atoms with Crippen molar-refractivity contribution in [1.82, 2.24) is 0 Å². The van der Waals surface area contributed by atoms with Crippen molar-refractivity contribution in [2.75, 3.05) is 24.7 Å². The first-order valence-corrected chi connectivity index (χ1v) is 5.40. The maximum absolute atomic E-state index is 9.02. The second-order valence-electron chi connectivity index (χ2n) is 3.69. The Kier molecular flexibility index (Phi) is 3.03. The lowest BCUT2D eigenvalue weighted by atomic mass is 10.1. The molecule has 2 rings (SSSR count). The Morgan fingerprint density at radius 2 is 2.40 bits per heavy atom. The predicted molar refractivity (Wildman–Crippen MR) is 60.8 cm³/mol. The Morgan fingerprint density at radius 3 is 3.13 bits per heavy atom. The van der Waals surface area contributed by atoms with Crippen LogP contribution in [0, 0.1) is 0 Å². The number of halogens is 1. The van der Waals surface area contributed by atoms with E-state index < -0.39 is 0 Å². The van der Waals surface area contributed by atoms with Gasteiger partial charge in [-0.1, -0.05) is 11.6 Å². The van der Waals surface area contributed by atoms with Crippen molar-refractivity contribution < 1.29 is 9.84 Å². The van der Waals surface area contributed by atoms with Crippen molar-refractivity contribution in [1.29, 1.82) is 0 Å². The minimum atomic E-state index is 0.135. The highest BCUT2D eigenvalue weighted by molar-refractivity contribution is 6.30. The summed E-state index contributed by atoms with van der Waals surface area (Å²) in [5.74, 6) is 0.839. The SMILES string of the molecule is CC1COc2ccc(Cl)cc2N1CCO. The molecule has 1 aliphatic heterocycles. The molecule has 1 unspecified atom stereocenters. The third kappa shape index (κ3) is 2.03. The molecule has 3 nitrogen and oxygen atoms in total. The van der Waals surface area contributed by atoms with Crippen LogP contribution in [0.15, 0.2) is 18.2 Å². The normalized spacial score (nSPS) is 19.7. The van der Waals surface area contributed by atoms with Crippen molar-refractivity contribution >= 4 is 17.3 Å². The summed E-state index contributed by atoms with van der Waals surface area (Å²) in [6.45, 7) is 3.46. The summed E-state index contributed by atoms with van der Waals surface area (Å²) < 4.78 is 5.59. The summed E-state index contributed by atoms with van der Waals surface area (Å²) in [5, 5.41) is 9.70.